The maximum absolute atomic E-state index is 12.5. The quantitative estimate of drug-likeness (QED) is 0.623. The Morgan fingerprint density at radius 1 is 1.03 bits per heavy atom. The van der Waals surface area contributed by atoms with Gasteiger partial charge in [0.1, 0.15) is 5.69 Å². The van der Waals surface area contributed by atoms with Crippen LogP contribution in [0.5, 0.6) is 11.5 Å². The summed E-state index contributed by atoms with van der Waals surface area (Å²) in [5.41, 5.74) is 2.36. The van der Waals surface area contributed by atoms with Crippen LogP contribution in [-0.4, -0.2) is 28.5 Å². The minimum Gasteiger partial charge on any atom is -0.454 e. The lowest BCUT2D eigenvalue weighted by molar-refractivity contribution is 0.101. The maximum atomic E-state index is 12.5. The molecule has 146 valence electrons. The van der Waals surface area contributed by atoms with Crippen molar-refractivity contribution in [1.29, 1.82) is 0 Å². The van der Waals surface area contributed by atoms with Gasteiger partial charge in [-0.2, -0.15) is 0 Å². The summed E-state index contributed by atoms with van der Waals surface area (Å²) in [6.07, 6.45) is 1.52. The van der Waals surface area contributed by atoms with Gasteiger partial charge in [-0.1, -0.05) is 6.07 Å². The first-order valence-electron chi connectivity index (χ1n) is 8.96. The Morgan fingerprint density at radius 3 is 2.62 bits per heavy atom. The van der Waals surface area contributed by atoms with Gasteiger partial charge in [0.15, 0.2) is 17.3 Å². The third-order valence-corrected chi connectivity index (χ3v) is 4.33. The van der Waals surface area contributed by atoms with Gasteiger partial charge in [0.05, 0.1) is 0 Å². The normalized spacial score (nSPS) is 11.8. The van der Waals surface area contributed by atoms with Gasteiger partial charge in [0.25, 0.3) is 5.91 Å². The predicted octanol–water partition coefficient (Wildman–Crippen LogP) is 3.27. The Labute approximate surface area is 166 Å². The Hall–Kier alpha value is -3.94. The molecular weight excluding hydrogens is 372 g/mol. The molecule has 0 saturated heterocycles. The van der Waals surface area contributed by atoms with Crippen LogP contribution in [0, 0.1) is 0 Å². The van der Waals surface area contributed by atoms with Gasteiger partial charge in [-0.05, 0) is 55.0 Å². The fourth-order valence-electron chi connectivity index (χ4n) is 2.79. The highest BCUT2D eigenvalue weighted by atomic mass is 16.7. The van der Waals surface area contributed by atoms with E-state index in [-0.39, 0.29) is 24.2 Å². The molecule has 1 amide bonds. The van der Waals surface area contributed by atoms with Gasteiger partial charge in [-0.15, -0.1) is 0 Å². The van der Waals surface area contributed by atoms with E-state index in [9.17, 15) is 9.59 Å². The van der Waals surface area contributed by atoms with Gasteiger partial charge in [0, 0.05) is 24.0 Å². The van der Waals surface area contributed by atoms with Crippen molar-refractivity contribution in [3.63, 3.8) is 0 Å². The predicted molar refractivity (Wildman–Crippen MR) is 106 cm³/mol. The van der Waals surface area contributed by atoms with E-state index in [0.29, 0.717) is 29.5 Å². The number of amides is 1. The van der Waals surface area contributed by atoms with E-state index in [2.05, 4.69) is 20.6 Å². The van der Waals surface area contributed by atoms with Crippen molar-refractivity contribution >= 4 is 23.3 Å². The SMILES string of the molecule is CC(=O)c1ccc(NC(=O)c2ccnc(NCc3ccc4c(c3)OCO4)n2)cc1. The lowest BCUT2D eigenvalue weighted by Crippen LogP contribution is -2.15. The third-order valence-electron chi connectivity index (χ3n) is 4.33. The van der Waals surface area contributed by atoms with Crippen LogP contribution in [0.1, 0.15) is 33.3 Å². The van der Waals surface area contributed by atoms with Gasteiger partial charge >= 0.3 is 0 Å². The smallest absolute Gasteiger partial charge is 0.274 e. The molecule has 0 unspecified atom stereocenters. The second-order valence-corrected chi connectivity index (χ2v) is 6.39. The van der Waals surface area contributed by atoms with E-state index in [4.69, 9.17) is 9.47 Å². The molecule has 1 aromatic heterocycles. The molecule has 4 rings (SSSR count). The Morgan fingerprint density at radius 2 is 1.83 bits per heavy atom. The van der Waals surface area contributed by atoms with Gasteiger partial charge in [-0.25, -0.2) is 9.97 Å². The number of anilines is 2. The molecule has 1 aliphatic heterocycles. The van der Waals surface area contributed by atoms with Gasteiger partial charge in [-0.3, -0.25) is 9.59 Å². The zero-order valence-corrected chi connectivity index (χ0v) is 15.6. The topological polar surface area (TPSA) is 102 Å². The summed E-state index contributed by atoms with van der Waals surface area (Å²) in [7, 11) is 0. The number of nitrogens with one attached hydrogen (secondary N) is 2. The Kier molecular flexibility index (Phi) is 5.07. The van der Waals surface area contributed by atoms with Crippen LogP contribution >= 0.6 is 0 Å². The number of nitrogens with zero attached hydrogens (tertiary/aromatic N) is 2. The Balaban J connectivity index is 1.40. The standard InChI is InChI=1S/C21H18N4O4/c1-13(26)15-3-5-16(6-4-15)24-20(27)17-8-9-22-21(25-17)23-11-14-2-7-18-19(10-14)29-12-28-18/h2-10H,11-12H2,1H3,(H,24,27)(H,22,23,25). The van der Waals surface area contributed by atoms with Crippen molar-refractivity contribution in [2.75, 3.05) is 17.4 Å². The summed E-state index contributed by atoms with van der Waals surface area (Å²) in [6.45, 7) is 2.19. The number of ketones is 1. The lowest BCUT2D eigenvalue weighted by Gasteiger charge is -2.08. The molecule has 2 heterocycles. The van der Waals surface area contributed by atoms with Crippen molar-refractivity contribution in [2.45, 2.75) is 13.5 Å². The number of benzene rings is 2. The van der Waals surface area contributed by atoms with Crippen LogP contribution in [0.15, 0.2) is 54.7 Å². The van der Waals surface area contributed by atoms with E-state index in [1.165, 1.54) is 19.2 Å². The summed E-state index contributed by atoms with van der Waals surface area (Å²) < 4.78 is 10.7. The minimum absolute atomic E-state index is 0.0307. The van der Waals surface area contributed by atoms with Gasteiger partial charge < -0.3 is 20.1 Å². The van der Waals surface area contributed by atoms with Crippen LogP contribution in [0.2, 0.25) is 0 Å². The van der Waals surface area contributed by atoms with Crippen LogP contribution in [0.4, 0.5) is 11.6 Å². The monoisotopic (exact) mass is 390 g/mol. The Bertz CT molecular complexity index is 1070. The number of Topliss-reactive ketones (excluding diaryl/α,β-unsaturated/α-hetero) is 1. The second-order valence-electron chi connectivity index (χ2n) is 6.39. The van der Waals surface area contributed by atoms with E-state index in [1.54, 1.807) is 24.3 Å². The van der Waals surface area contributed by atoms with Crippen LogP contribution in [0.25, 0.3) is 0 Å². The van der Waals surface area contributed by atoms with Crippen molar-refractivity contribution in [3.8, 4) is 11.5 Å². The highest BCUT2D eigenvalue weighted by molar-refractivity contribution is 6.03. The number of carbonyl (C=O) groups excluding carboxylic acids is 2. The number of hydrogen-bond acceptors (Lipinski definition) is 7. The summed E-state index contributed by atoms with van der Waals surface area (Å²) >= 11 is 0. The van der Waals surface area contributed by atoms with Gasteiger partial charge in [0.2, 0.25) is 12.7 Å². The highest BCUT2D eigenvalue weighted by Gasteiger charge is 2.14. The molecule has 29 heavy (non-hydrogen) atoms. The highest BCUT2D eigenvalue weighted by Crippen LogP contribution is 2.32. The molecular formula is C21H18N4O4. The molecule has 0 spiro atoms. The molecule has 8 nitrogen and oxygen atoms in total. The average molecular weight is 390 g/mol. The molecule has 0 aliphatic carbocycles. The molecule has 0 atom stereocenters. The number of fused-ring (bicyclic) bond motifs is 1. The molecule has 0 fully saturated rings. The molecule has 3 aromatic rings. The molecule has 0 bridgehead atoms. The number of carbonyl (C=O) groups is 2. The van der Waals surface area contributed by atoms with Crippen molar-refractivity contribution in [2.24, 2.45) is 0 Å². The van der Waals surface area contributed by atoms with E-state index in [1.807, 2.05) is 18.2 Å². The van der Waals surface area contributed by atoms with Crippen LogP contribution in [0.3, 0.4) is 0 Å². The van der Waals surface area contributed by atoms with Crippen molar-refractivity contribution in [1.82, 2.24) is 9.97 Å². The number of aromatic nitrogens is 2. The molecule has 2 aromatic carbocycles. The average Bonchev–Trinajstić information content (AvgIpc) is 3.21. The number of hydrogen-bond donors (Lipinski definition) is 2. The molecule has 0 saturated carbocycles. The first-order valence-corrected chi connectivity index (χ1v) is 8.96. The lowest BCUT2D eigenvalue weighted by atomic mass is 10.1. The fraction of sp³-hybridized carbons (Fsp3) is 0.143. The molecule has 2 N–H and O–H groups in total. The molecule has 1 aliphatic rings. The summed E-state index contributed by atoms with van der Waals surface area (Å²) in [6, 6.07) is 13.9. The molecule has 0 radical (unpaired) electrons. The number of rotatable bonds is 6. The summed E-state index contributed by atoms with van der Waals surface area (Å²) in [4.78, 5) is 32.2. The minimum atomic E-state index is -0.367. The maximum Gasteiger partial charge on any atom is 0.274 e. The zero-order valence-electron chi connectivity index (χ0n) is 15.6. The van der Waals surface area contributed by atoms with E-state index in [0.717, 1.165) is 11.3 Å². The van der Waals surface area contributed by atoms with Crippen LogP contribution in [-0.2, 0) is 6.54 Å². The van der Waals surface area contributed by atoms with E-state index >= 15 is 0 Å². The van der Waals surface area contributed by atoms with Crippen molar-refractivity contribution < 1.29 is 19.1 Å². The first-order chi connectivity index (χ1) is 14.1. The van der Waals surface area contributed by atoms with Crippen LogP contribution < -0.4 is 20.1 Å². The number of ether oxygens (including phenoxy) is 2. The first kappa shape index (κ1) is 18.4. The third kappa shape index (κ3) is 4.32. The fourth-order valence-corrected chi connectivity index (χ4v) is 2.79. The summed E-state index contributed by atoms with van der Waals surface area (Å²) in [5.74, 6) is 1.36. The second kappa shape index (κ2) is 7.97. The largest absolute Gasteiger partial charge is 0.454 e. The molecule has 8 heteroatoms. The van der Waals surface area contributed by atoms with E-state index < -0.39 is 0 Å². The zero-order chi connectivity index (χ0) is 20.2. The van der Waals surface area contributed by atoms with Crippen molar-refractivity contribution in [3.05, 3.63) is 71.5 Å². The summed E-state index contributed by atoms with van der Waals surface area (Å²) in [5, 5.41) is 5.85.